The van der Waals surface area contributed by atoms with E-state index in [1.165, 1.54) is 5.56 Å². The molecular weight excluding hydrogens is 284 g/mol. The van der Waals surface area contributed by atoms with Gasteiger partial charge in [-0.1, -0.05) is 31.5 Å². The van der Waals surface area contributed by atoms with E-state index in [1.54, 1.807) is 7.11 Å². The summed E-state index contributed by atoms with van der Waals surface area (Å²) < 4.78 is 5.42. The maximum atomic E-state index is 6.47. The molecular formula is C17H27ClN2O. The van der Waals surface area contributed by atoms with Gasteiger partial charge in [-0.25, -0.2) is 0 Å². The Hall–Kier alpha value is -0.770. The minimum atomic E-state index is 0.402. The third-order valence-corrected chi connectivity index (χ3v) is 4.31. The zero-order valence-corrected chi connectivity index (χ0v) is 14.1. The second kappa shape index (κ2) is 8.02. The van der Waals surface area contributed by atoms with Gasteiger partial charge in [0.1, 0.15) is 0 Å². The van der Waals surface area contributed by atoms with Gasteiger partial charge in [0.2, 0.25) is 0 Å². The fourth-order valence-electron chi connectivity index (χ4n) is 2.75. The van der Waals surface area contributed by atoms with Crippen LogP contribution in [-0.2, 0) is 11.3 Å². The summed E-state index contributed by atoms with van der Waals surface area (Å²) in [6.45, 7) is 8.37. The fraction of sp³-hybridized carbons (Fsp3) is 0.647. The van der Waals surface area contributed by atoms with Crippen LogP contribution in [0.4, 0.5) is 5.69 Å². The highest BCUT2D eigenvalue weighted by molar-refractivity contribution is 6.33. The maximum absolute atomic E-state index is 6.47. The average Bonchev–Trinajstić information content (AvgIpc) is 2.47. The maximum Gasteiger partial charge on any atom is 0.0642 e. The molecule has 1 aromatic carbocycles. The van der Waals surface area contributed by atoms with Crippen LogP contribution in [0.5, 0.6) is 0 Å². The third kappa shape index (κ3) is 4.87. The van der Waals surface area contributed by atoms with E-state index in [1.807, 2.05) is 0 Å². The van der Waals surface area contributed by atoms with Crippen molar-refractivity contribution in [2.45, 2.75) is 39.3 Å². The van der Waals surface area contributed by atoms with Crippen molar-refractivity contribution in [1.82, 2.24) is 5.32 Å². The number of methoxy groups -OCH3 is 1. The number of halogens is 1. The van der Waals surface area contributed by atoms with Gasteiger partial charge in [0.15, 0.2) is 0 Å². The molecule has 0 atom stereocenters. The molecule has 0 radical (unpaired) electrons. The topological polar surface area (TPSA) is 24.5 Å². The summed E-state index contributed by atoms with van der Waals surface area (Å²) >= 11 is 6.47. The number of anilines is 1. The first-order chi connectivity index (χ1) is 10.1. The van der Waals surface area contributed by atoms with E-state index in [-0.39, 0.29) is 0 Å². The van der Waals surface area contributed by atoms with E-state index in [0.717, 1.165) is 49.7 Å². The molecule has 0 bridgehead atoms. The first-order valence-electron chi connectivity index (χ1n) is 7.87. The van der Waals surface area contributed by atoms with Gasteiger partial charge in [-0.3, -0.25) is 0 Å². The number of piperidine rings is 1. The quantitative estimate of drug-likeness (QED) is 0.867. The monoisotopic (exact) mass is 310 g/mol. The Morgan fingerprint density at radius 3 is 2.62 bits per heavy atom. The molecule has 1 aliphatic rings. The van der Waals surface area contributed by atoms with Crippen LogP contribution in [-0.4, -0.2) is 32.8 Å². The van der Waals surface area contributed by atoms with Gasteiger partial charge in [-0.2, -0.15) is 0 Å². The number of hydrogen-bond acceptors (Lipinski definition) is 3. The van der Waals surface area contributed by atoms with Gasteiger partial charge in [0.05, 0.1) is 16.8 Å². The largest absolute Gasteiger partial charge is 0.381 e. The lowest BCUT2D eigenvalue weighted by Gasteiger charge is -2.33. The van der Waals surface area contributed by atoms with Crippen molar-refractivity contribution in [3.63, 3.8) is 0 Å². The van der Waals surface area contributed by atoms with E-state index in [9.17, 15) is 0 Å². The van der Waals surface area contributed by atoms with Crippen molar-refractivity contribution in [2.24, 2.45) is 5.92 Å². The highest BCUT2D eigenvalue weighted by Crippen LogP contribution is 2.29. The Morgan fingerprint density at radius 2 is 2.05 bits per heavy atom. The lowest BCUT2D eigenvalue weighted by molar-refractivity contribution is 0.0819. The zero-order valence-electron chi connectivity index (χ0n) is 13.4. The number of rotatable bonds is 6. The van der Waals surface area contributed by atoms with Gasteiger partial charge in [0, 0.05) is 26.7 Å². The average molecular weight is 311 g/mol. The summed E-state index contributed by atoms with van der Waals surface area (Å²) in [7, 11) is 1.80. The minimum Gasteiger partial charge on any atom is -0.381 e. The summed E-state index contributed by atoms with van der Waals surface area (Å²) in [4.78, 5) is 2.36. The van der Waals surface area contributed by atoms with Crippen LogP contribution in [0.3, 0.4) is 0 Å². The predicted octanol–water partition coefficient (Wildman–Crippen LogP) is 3.70. The summed E-state index contributed by atoms with van der Waals surface area (Å²) in [5, 5.41) is 4.31. The minimum absolute atomic E-state index is 0.402. The second-order valence-electron chi connectivity index (χ2n) is 6.23. The van der Waals surface area contributed by atoms with Crippen molar-refractivity contribution < 1.29 is 4.74 Å². The van der Waals surface area contributed by atoms with E-state index >= 15 is 0 Å². The Balaban J connectivity index is 1.93. The lowest BCUT2D eigenvalue weighted by Crippen LogP contribution is -2.36. The molecule has 0 saturated carbocycles. The molecule has 0 unspecified atom stereocenters. The Labute approximate surface area is 133 Å². The van der Waals surface area contributed by atoms with Crippen molar-refractivity contribution >= 4 is 17.3 Å². The highest BCUT2D eigenvalue weighted by atomic mass is 35.5. The number of nitrogens with zero attached hydrogens (tertiary/aromatic N) is 1. The molecule has 4 heteroatoms. The summed E-state index contributed by atoms with van der Waals surface area (Å²) in [5.41, 5.74) is 2.40. The van der Waals surface area contributed by atoms with Crippen molar-refractivity contribution in [3.05, 3.63) is 28.8 Å². The Bertz CT molecular complexity index is 442. The molecule has 1 heterocycles. The first-order valence-corrected chi connectivity index (χ1v) is 8.25. The van der Waals surface area contributed by atoms with Crippen LogP contribution in [0.25, 0.3) is 0 Å². The molecule has 1 N–H and O–H groups in total. The van der Waals surface area contributed by atoms with Crippen molar-refractivity contribution in [2.75, 3.05) is 31.6 Å². The number of benzene rings is 1. The second-order valence-corrected chi connectivity index (χ2v) is 6.64. The van der Waals surface area contributed by atoms with E-state index in [0.29, 0.717) is 12.0 Å². The summed E-state index contributed by atoms with van der Waals surface area (Å²) in [5.74, 6) is 0.668. The number of ether oxygens (including phenoxy) is 1. The SMILES string of the molecule is COC1CCN(c2ccc(CNCC(C)C)cc2Cl)CC1. The van der Waals surface area contributed by atoms with Crippen LogP contribution in [0.15, 0.2) is 18.2 Å². The van der Waals surface area contributed by atoms with Crippen molar-refractivity contribution in [1.29, 1.82) is 0 Å². The third-order valence-electron chi connectivity index (χ3n) is 4.01. The highest BCUT2D eigenvalue weighted by Gasteiger charge is 2.20. The molecule has 2 rings (SSSR count). The van der Waals surface area contributed by atoms with Gasteiger partial charge in [0.25, 0.3) is 0 Å². The van der Waals surface area contributed by atoms with E-state index in [2.05, 4.69) is 42.3 Å². The first kappa shape index (κ1) is 16.6. The van der Waals surface area contributed by atoms with E-state index < -0.39 is 0 Å². The van der Waals surface area contributed by atoms with Crippen LogP contribution in [0.1, 0.15) is 32.3 Å². The fourth-order valence-corrected chi connectivity index (χ4v) is 3.08. The smallest absolute Gasteiger partial charge is 0.0642 e. The molecule has 1 fully saturated rings. The Morgan fingerprint density at radius 1 is 1.33 bits per heavy atom. The summed E-state index contributed by atoms with van der Waals surface area (Å²) in [6, 6.07) is 6.42. The molecule has 0 aliphatic carbocycles. The van der Waals surface area contributed by atoms with Crippen LogP contribution < -0.4 is 10.2 Å². The molecule has 118 valence electrons. The van der Waals surface area contributed by atoms with Gasteiger partial charge < -0.3 is 15.0 Å². The van der Waals surface area contributed by atoms with Gasteiger partial charge >= 0.3 is 0 Å². The van der Waals surface area contributed by atoms with Crippen LogP contribution >= 0.6 is 11.6 Å². The predicted molar refractivity (Wildman–Crippen MR) is 90.2 cm³/mol. The Kier molecular flexibility index (Phi) is 6.34. The zero-order chi connectivity index (χ0) is 15.2. The van der Waals surface area contributed by atoms with Gasteiger partial charge in [-0.05, 0) is 43.0 Å². The molecule has 1 saturated heterocycles. The standard InChI is InChI=1S/C17H27ClN2O/c1-13(2)11-19-12-14-4-5-17(16(18)10-14)20-8-6-15(21-3)7-9-20/h4-5,10,13,15,19H,6-9,11-12H2,1-3H3. The lowest BCUT2D eigenvalue weighted by atomic mass is 10.1. The van der Waals surface area contributed by atoms with Crippen LogP contribution in [0.2, 0.25) is 5.02 Å². The van der Waals surface area contributed by atoms with Crippen LogP contribution in [0, 0.1) is 5.92 Å². The molecule has 1 aromatic rings. The molecule has 3 nitrogen and oxygen atoms in total. The molecule has 0 aromatic heterocycles. The molecule has 0 amide bonds. The number of nitrogens with one attached hydrogen (secondary N) is 1. The van der Waals surface area contributed by atoms with E-state index in [4.69, 9.17) is 16.3 Å². The molecule has 0 spiro atoms. The number of hydrogen-bond donors (Lipinski definition) is 1. The summed E-state index contributed by atoms with van der Waals surface area (Å²) in [6.07, 6.45) is 2.55. The van der Waals surface area contributed by atoms with Crippen molar-refractivity contribution in [3.8, 4) is 0 Å². The molecule has 1 aliphatic heterocycles. The molecule has 21 heavy (non-hydrogen) atoms. The normalized spacial score (nSPS) is 16.7. The van der Waals surface area contributed by atoms with Gasteiger partial charge in [-0.15, -0.1) is 0 Å².